The van der Waals surface area contributed by atoms with Gasteiger partial charge < -0.3 is 10.0 Å². The van der Waals surface area contributed by atoms with Gasteiger partial charge in [0.25, 0.3) is 0 Å². The molecule has 0 saturated carbocycles. The van der Waals surface area contributed by atoms with Crippen molar-refractivity contribution in [2.24, 2.45) is 0 Å². The number of nitrogens with zero attached hydrogens (tertiary/aromatic N) is 1. The van der Waals surface area contributed by atoms with Crippen LogP contribution in [0.15, 0.2) is 30.3 Å². The topological polar surface area (TPSA) is 57.6 Å². The second kappa shape index (κ2) is 6.68. The first-order chi connectivity index (χ1) is 8.90. The second-order valence-electron chi connectivity index (χ2n) is 4.34. The van der Waals surface area contributed by atoms with E-state index >= 15 is 0 Å². The fourth-order valence-electron chi connectivity index (χ4n) is 1.50. The number of amides is 1. The Balaban J connectivity index is 2.75. The molecule has 0 heterocycles. The maximum atomic E-state index is 12.7. The highest BCUT2D eigenvalue weighted by molar-refractivity contribution is 5.93. The van der Waals surface area contributed by atoms with Crippen LogP contribution >= 0.6 is 0 Å². The summed E-state index contributed by atoms with van der Waals surface area (Å²) in [7, 11) is 0. The highest BCUT2D eigenvalue weighted by atomic mass is 19.1. The summed E-state index contributed by atoms with van der Waals surface area (Å²) in [6.07, 6.45) is 2.81. The summed E-state index contributed by atoms with van der Waals surface area (Å²) < 4.78 is 12.7. The van der Waals surface area contributed by atoms with E-state index in [-0.39, 0.29) is 24.3 Å². The molecule has 1 aromatic carbocycles. The predicted octanol–water partition coefficient (Wildman–Crippen LogP) is 2.16. The van der Waals surface area contributed by atoms with Crippen LogP contribution in [0.25, 0.3) is 6.08 Å². The van der Waals surface area contributed by atoms with Gasteiger partial charge >= 0.3 is 5.97 Å². The van der Waals surface area contributed by atoms with Gasteiger partial charge in [-0.15, -0.1) is 0 Å². The van der Waals surface area contributed by atoms with Crippen molar-refractivity contribution < 1.29 is 19.1 Å². The Labute approximate surface area is 111 Å². The first-order valence-corrected chi connectivity index (χ1v) is 5.86. The highest BCUT2D eigenvalue weighted by Crippen LogP contribution is 2.06. The molecule has 0 aromatic heterocycles. The molecule has 0 aliphatic carbocycles. The number of hydrogen-bond acceptors (Lipinski definition) is 2. The Kier molecular flexibility index (Phi) is 5.23. The number of benzene rings is 1. The van der Waals surface area contributed by atoms with Crippen molar-refractivity contribution in [1.82, 2.24) is 4.90 Å². The van der Waals surface area contributed by atoms with Gasteiger partial charge in [-0.05, 0) is 37.6 Å². The average Bonchev–Trinajstić information content (AvgIpc) is 2.34. The van der Waals surface area contributed by atoms with E-state index in [0.717, 1.165) is 0 Å². The molecule has 4 nitrogen and oxygen atoms in total. The van der Waals surface area contributed by atoms with E-state index in [9.17, 15) is 14.0 Å². The monoisotopic (exact) mass is 265 g/mol. The van der Waals surface area contributed by atoms with E-state index in [1.54, 1.807) is 13.8 Å². The fraction of sp³-hybridized carbons (Fsp3) is 0.286. The van der Waals surface area contributed by atoms with Crippen LogP contribution in [-0.4, -0.2) is 34.5 Å². The molecule has 19 heavy (non-hydrogen) atoms. The first kappa shape index (κ1) is 14.9. The molecular formula is C14H16FNO3. The van der Waals surface area contributed by atoms with Crippen molar-refractivity contribution in [3.05, 3.63) is 41.7 Å². The van der Waals surface area contributed by atoms with Crippen LogP contribution in [0.1, 0.15) is 19.4 Å². The number of aliphatic carboxylic acids is 1. The SMILES string of the molecule is CC(C)N(CC(=O)O)C(=O)/C=C/c1ccc(F)cc1. The zero-order valence-corrected chi connectivity index (χ0v) is 10.8. The van der Waals surface area contributed by atoms with Gasteiger partial charge in [-0.2, -0.15) is 0 Å². The minimum atomic E-state index is -1.06. The molecule has 0 bridgehead atoms. The number of rotatable bonds is 5. The Bertz CT molecular complexity index is 480. The molecule has 0 aliphatic rings. The molecule has 1 amide bonds. The van der Waals surface area contributed by atoms with Gasteiger partial charge in [0.1, 0.15) is 12.4 Å². The Morgan fingerprint density at radius 1 is 1.32 bits per heavy atom. The van der Waals surface area contributed by atoms with Gasteiger partial charge in [0.15, 0.2) is 0 Å². The lowest BCUT2D eigenvalue weighted by Gasteiger charge is -2.23. The number of carboxylic acid groups (broad SMARTS) is 1. The molecule has 1 rings (SSSR count). The lowest BCUT2D eigenvalue weighted by atomic mass is 10.2. The third-order valence-electron chi connectivity index (χ3n) is 2.50. The zero-order valence-electron chi connectivity index (χ0n) is 10.8. The van der Waals surface area contributed by atoms with Crippen LogP contribution in [0.4, 0.5) is 4.39 Å². The highest BCUT2D eigenvalue weighted by Gasteiger charge is 2.17. The van der Waals surface area contributed by atoms with Crippen LogP contribution < -0.4 is 0 Å². The fourth-order valence-corrected chi connectivity index (χ4v) is 1.50. The van der Waals surface area contributed by atoms with Crippen molar-refractivity contribution in [1.29, 1.82) is 0 Å². The van der Waals surface area contributed by atoms with Gasteiger partial charge in [0.2, 0.25) is 5.91 Å². The Hall–Kier alpha value is -2.17. The van der Waals surface area contributed by atoms with Crippen molar-refractivity contribution in [3.63, 3.8) is 0 Å². The second-order valence-corrected chi connectivity index (χ2v) is 4.34. The Morgan fingerprint density at radius 3 is 2.37 bits per heavy atom. The standard InChI is InChI=1S/C14H16FNO3/c1-10(2)16(9-14(18)19)13(17)8-5-11-3-6-12(15)7-4-11/h3-8,10H,9H2,1-2H3,(H,18,19)/b8-5+. The maximum absolute atomic E-state index is 12.7. The molecule has 0 atom stereocenters. The molecule has 0 spiro atoms. The summed E-state index contributed by atoms with van der Waals surface area (Å²) >= 11 is 0. The number of hydrogen-bond donors (Lipinski definition) is 1. The summed E-state index contributed by atoms with van der Waals surface area (Å²) in [6.45, 7) is 3.14. The maximum Gasteiger partial charge on any atom is 0.323 e. The molecule has 5 heteroatoms. The van der Waals surface area contributed by atoms with Gasteiger partial charge in [0, 0.05) is 12.1 Å². The van der Waals surface area contributed by atoms with E-state index in [2.05, 4.69) is 0 Å². The summed E-state index contributed by atoms with van der Waals surface area (Å²) in [5.41, 5.74) is 0.675. The van der Waals surface area contributed by atoms with Crippen LogP contribution in [0, 0.1) is 5.82 Å². The number of halogens is 1. The van der Waals surface area contributed by atoms with Gasteiger partial charge in [-0.3, -0.25) is 9.59 Å². The van der Waals surface area contributed by atoms with Crippen LogP contribution in [0.5, 0.6) is 0 Å². The van der Waals surface area contributed by atoms with Crippen molar-refractivity contribution in [2.75, 3.05) is 6.54 Å². The molecule has 0 unspecified atom stereocenters. The van der Waals surface area contributed by atoms with Crippen molar-refractivity contribution in [2.45, 2.75) is 19.9 Å². The lowest BCUT2D eigenvalue weighted by Crippen LogP contribution is -2.39. The van der Waals surface area contributed by atoms with Crippen molar-refractivity contribution in [3.8, 4) is 0 Å². The van der Waals surface area contributed by atoms with E-state index in [1.807, 2.05) is 0 Å². The number of carbonyl (C=O) groups is 2. The molecule has 1 aromatic rings. The van der Waals surface area contributed by atoms with Crippen LogP contribution in [-0.2, 0) is 9.59 Å². The van der Waals surface area contributed by atoms with Gasteiger partial charge in [-0.25, -0.2) is 4.39 Å². The third kappa shape index (κ3) is 4.91. The Morgan fingerprint density at radius 2 is 1.89 bits per heavy atom. The number of carbonyl (C=O) groups excluding carboxylic acids is 1. The van der Waals surface area contributed by atoms with Gasteiger partial charge in [-0.1, -0.05) is 12.1 Å². The molecule has 1 N–H and O–H groups in total. The van der Waals surface area contributed by atoms with E-state index in [0.29, 0.717) is 5.56 Å². The predicted molar refractivity (Wildman–Crippen MR) is 69.9 cm³/mol. The zero-order chi connectivity index (χ0) is 14.4. The molecule has 0 aliphatic heterocycles. The smallest absolute Gasteiger partial charge is 0.323 e. The van der Waals surface area contributed by atoms with E-state index < -0.39 is 5.97 Å². The van der Waals surface area contributed by atoms with Crippen LogP contribution in [0.2, 0.25) is 0 Å². The number of carboxylic acids is 1. The van der Waals surface area contributed by atoms with E-state index in [1.165, 1.54) is 41.3 Å². The minimum Gasteiger partial charge on any atom is -0.480 e. The minimum absolute atomic E-state index is 0.207. The quantitative estimate of drug-likeness (QED) is 0.830. The lowest BCUT2D eigenvalue weighted by molar-refractivity contribution is -0.143. The summed E-state index contributed by atoms with van der Waals surface area (Å²) in [5, 5.41) is 8.74. The normalized spacial score (nSPS) is 10.9. The summed E-state index contributed by atoms with van der Waals surface area (Å²) in [5.74, 6) is -1.79. The molecule has 0 fully saturated rings. The third-order valence-corrected chi connectivity index (χ3v) is 2.50. The average molecular weight is 265 g/mol. The van der Waals surface area contributed by atoms with Gasteiger partial charge in [0.05, 0.1) is 0 Å². The summed E-state index contributed by atoms with van der Waals surface area (Å²) in [6, 6.07) is 5.46. The molecule has 0 saturated heterocycles. The molecule has 102 valence electrons. The largest absolute Gasteiger partial charge is 0.480 e. The summed E-state index contributed by atoms with van der Waals surface area (Å²) in [4.78, 5) is 23.8. The van der Waals surface area contributed by atoms with Crippen LogP contribution in [0.3, 0.4) is 0 Å². The van der Waals surface area contributed by atoms with E-state index in [4.69, 9.17) is 5.11 Å². The molecular weight excluding hydrogens is 249 g/mol. The first-order valence-electron chi connectivity index (χ1n) is 5.86. The van der Waals surface area contributed by atoms with Crippen molar-refractivity contribution >= 4 is 18.0 Å². The molecule has 0 radical (unpaired) electrons.